The van der Waals surface area contributed by atoms with Crippen molar-refractivity contribution in [1.82, 2.24) is 10.2 Å². The number of rotatable bonds is 5. The molecule has 94 valence electrons. The minimum Gasteiger partial charge on any atom is -0.311 e. The van der Waals surface area contributed by atoms with Crippen LogP contribution in [0.2, 0.25) is 5.02 Å². The monoisotopic (exact) mass is 284 g/mol. The summed E-state index contributed by atoms with van der Waals surface area (Å²) in [6.07, 6.45) is 0. The van der Waals surface area contributed by atoms with Crippen molar-refractivity contribution in [2.75, 3.05) is 27.2 Å². The van der Waals surface area contributed by atoms with Gasteiger partial charge in [0.15, 0.2) is 0 Å². The topological polar surface area (TPSA) is 15.3 Å². The van der Waals surface area contributed by atoms with E-state index in [1.54, 1.807) is 0 Å². The van der Waals surface area contributed by atoms with Crippen LogP contribution in [0, 0.1) is 0 Å². The number of nitrogens with zero attached hydrogens (tertiary/aromatic N) is 1. The lowest BCUT2D eigenvalue weighted by molar-refractivity contribution is 0.400. The van der Waals surface area contributed by atoms with Gasteiger partial charge in [-0.3, -0.25) is 0 Å². The van der Waals surface area contributed by atoms with Crippen molar-refractivity contribution < 1.29 is 0 Å². The summed E-state index contributed by atoms with van der Waals surface area (Å²) in [6, 6.07) is 7.94. The molecule has 0 saturated carbocycles. The number of hydrogen-bond acceptors (Lipinski definition) is 2. The third-order valence-corrected chi connectivity index (χ3v) is 2.19. The Morgan fingerprint density at radius 2 is 1.94 bits per heavy atom. The molecular formula is C11H19Cl3N2. The Bertz CT molecular complexity index is 280. The van der Waals surface area contributed by atoms with E-state index in [1.807, 2.05) is 18.2 Å². The van der Waals surface area contributed by atoms with Crippen molar-refractivity contribution in [2.24, 2.45) is 0 Å². The molecule has 16 heavy (non-hydrogen) atoms. The quantitative estimate of drug-likeness (QED) is 0.837. The number of nitrogens with one attached hydrogen (secondary N) is 1. The van der Waals surface area contributed by atoms with Gasteiger partial charge in [-0.15, -0.1) is 24.8 Å². The molecule has 5 heteroatoms. The van der Waals surface area contributed by atoms with Crippen LogP contribution in [-0.2, 0) is 6.54 Å². The zero-order valence-electron chi connectivity index (χ0n) is 9.57. The van der Waals surface area contributed by atoms with E-state index in [1.165, 1.54) is 5.56 Å². The second-order valence-electron chi connectivity index (χ2n) is 3.61. The van der Waals surface area contributed by atoms with Crippen LogP contribution in [0.4, 0.5) is 0 Å². The molecule has 1 N–H and O–H groups in total. The zero-order chi connectivity index (χ0) is 10.4. The average Bonchev–Trinajstić information content (AvgIpc) is 2.12. The predicted molar refractivity (Wildman–Crippen MR) is 76.2 cm³/mol. The lowest BCUT2D eigenvalue weighted by Crippen LogP contribution is -2.26. The number of hydrogen-bond donors (Lipinski definition) is 1. The van der Waals surface area contributed by atoms with Gasteiger partial charge in [-0.2, -0.15) is 0 Å². The molecule has 0 fully saturated rings. The van der Waals surface area contributed by atoms with Gasteiger partial charge in [-0.05, 0) is 31.8 Å². The van der Waals surface area contributed by atoms with E-state index >= 15 is 0 Å². The van der Waals surface area contributed by atoms with Crippen molar-refractivity contribution in [3.8, 4) is 0 Å². The summed E-state index contributed by atoms with van der Waals surface area (Å²) in [5, 5.41) is 4.16. The predicted octanol–water partition coefficient (Wildman–Crippen LogP) is 2.83. The third-order valence-electron chi connectivity index (χ3n) is 1.95. The van der Waals surface area contributed by atoms with Crippen LogP contribution in [0.5, 0.6) is 0 Å². The van der Waals surface area contributed by atoms with E-state index in [-0.39, 0.29) is 24.8 Å². The van der Waals surface area contributed by atoms with Gasteiger partial charge in [-0.25, -0.2) is 0 Å². The summed E-state index contributed by atoms with van der Waals surface area (Å²) in [5.74, 6) is 0. The van der Waals surface area contributed by atoms with Crippen molar-refractivity contribution >= 4 is 36.4 Å². The maximum atomic E-state index is 5.87. The van der Waals surface area contributed by atoms with E-state index in [4.69, 9.17) is 11.6 Å². The normalized spacial score (nSPS) is 9.50. The van der Waals surface area contributed by atoms with Crippen molar-refractivity contribution in [3.05, 3.63) is 34.9 Å². The molecule has 0 aliphatic rings. The van der Waals surface area contributed by atoms with E-state index in [9.17, 15) is 0 Å². The molecule has 0 unspecified atom stereocenters. The molecule has 0 radical (unpaired) electrons. The van der Waals surface area contributed by atoms with Gasteiger partial charge in [0.05, 0.1) is 0 Å². The van der Waals surface area contributed by atoms with E-state index in [2.05, 4.69) is 30.4 Å². The molecule has 0 atom stereocenters. The molecule has 1 aromatic carbocycles. The molecule has 2 nitrogen and oxygen atoms in total. The van der Waals surface area contributed by atoms with Gasteiger partial charge in [0.2, 0.25) is 0 Å². The van der Waals surface area contributed by atoms with Crippen molar-refractivity contribution in [2.45, 2.75) is 6.54 Å². The highest BCUT2D eigenvalue weighted by atomic mass is 35.5. The molecular weight excluding hydrogens is 266 g/mol. The SMILES string of the molecule is CN(C)CCNCc1cccc(Cl)c1.Cl.Cl. The summed E-state index contributed by atoms with van der Waals surface area (Å²) in [7, 11) is 4.14. The minimum absolute atomic E-state index is 0. The Hall–Kier alpha value is 0.01000. The number of likely N-dealkylation sites (N-methyl/N-ethyl adjacent to an activating group) is 1. The van der Waals surface area contributed by atoms with Crippen molar-refractivity contribution in [3.63, 3.8) is 0 Å². The summed E-state index contributed by atoms with van der Waals surface area (Å²) in [5.41, 5.74) is 1.23. The molecule has 0 heterocycles. The molecule has 0 bridgehead atoms. The molecule has 0 saturated heterocycles. The smallest absolute Gasteiger partial charge is 0.0409 e. The molecule has 0 aliphatic carbocycles. The van der Waals surface area contributed by atoms with Crippen LogP contribution in [-0.4, -0.2) is 32.1 Å². The van der Waals surface area contributed by atoms with Gasteiger partial charge in [0.1, 0.15) is 0 Å². The van der Waals surface area contributed by atoms with Gasteiger partial charge in [-0.1, -0.05) is 23.7 Å². The van der Waals surface area contributed by atoms with Gasteiger partial charge >= 0.3 is 0 Å². The summed E-state index contributed by atoms with van der Waals surface area (Å²) in [6.45, 7) is 2.94. The Kier molecular flexibility index (Phi) is 11.7. The number of benzene rings is 1. The Balaban J connectivity index is 0. The van der Waals surface area contributed by atoms with Crippen LogP contribution < -0.4 is 5.32 Å². The van der Waals surface area contributed by atoms with Gasteiger partial charge in [0.25, 0.3) is 0 Å². The fraction of sp³-hybridized carbons (Fsp3) is 0.455. The van der Waals surface area contributed by atoms with E-state index in [0.29, 0.717) is 0 Å². The van der Waals surface area contributed by atoms with Crippen LogP contribution >= 0.6 is 36.4 Å². The first kappa shape index (κ1) is 18.4. The van der Waals surface area contributed by atoms with Crippen LogP contribution in [0.3, 0.4) is 0 Å². The Morgan fingerprint density at radius 3 is 2.50 bits per heavy atom. The van der Waals surface area contributed by atoms with Gasteiger partial charge < -0.3 is 10.2 Å². The zero-order valence-corrected chi connectivity index (χ0v) is 12.0. The summed E-state index contributed by atoms with van der Waals surface area (Å²) in [4.78, 5) is 2.16. The molecule has 1 rings (SSSR count). The van der Waals surface area contributed by atoms with E-state index < -0.39 is 0 Å². The highest BCUT2D eigenvalue weighted by molar-refractivity contribution is 6.30. The molecule has 0 aromatic heterocycles. The minimum atomic E-state index is 0. The molecule has 1 aromatic rings. The molecule has 0 spiro atoms. The first-order chi connectivity index (χ1) is 6.68. The molecule has 0 aliphatic heterocycles. The highest BCUT2D eigenvalue weighted by Crippen LogP contribution is 2.09. The Labute approximate surface area is 115 Å². The maximum Gasteiger partial charge on any atom is 0.0409 e. The first-order valence-corrected chi connectivity index (χ1v) is 5.16. The maximum absolute atomic E-state index is 5.87. The summed E-state index contributed by atoms with van der Waals surface area (Å²) < 4.78 is 0. The number of halogens is 3. The van der Waals surface area contributed by atoms with Crippen molar-refractivity contribution in [1.29, 1.82) is 0 Å². The summed E-state index contributed by atoms with van der Waals surface area (Å²) >= 11 is 5.87. The fourth-order valence-electron chi connectivity index (χ4n) is 1.18. The van der Waals surface area contributed by atoms with Gasteiger partial charge in [0, 0.05) is 24.7 Å². The van der Waals surface area contributed by atoms with Crippen LogP contribution in [0.25, 0.3) is 0 Å². The fourth-order valence-corrected chi connectivity index (χ4v) is 1.40. The lowest BCUT2D eigenvalue weighted by atomic mass is 10.2. The second-order valence-corrected chi connectivity index (χ2v) is 4.05. The highest BCUT2D eigenvalue weighted by Gasteiger charge is 1.94. The second kappa shape index (κ2) is 10.2. The van der Waals surface area contributed by atoms with Crippen LogP contribution in [0.15, 0.2) is 24.3 Å². The molecule has 0 amide bonds. The largest absolute Gasteiger partial charge is 0.311 e. The van der Waals surface area contributed by atoms with E-state index in [0.717, 1.165) is 24.7 Å². The Morgan fingerprint density at radius 1 is 1.25 bits per heavy atom. The third kappa shape index (κ3) is 8.20. The standard InChI is InChI=1S/C11H17ClN2.2ClH/c1-14(2)7-6-13-9-10-4-3-5-11(12)8-10;;/h3-5,8,13H,6-7,9H2,1-2H3;2*1H. The average molecular weight is 286 g/mol. The first-order valence-electron chi connectivity index (χ1n) is 4.78. The lowest BCUT2D eigenvalue weighted by Gasteiger charge is -2.10. The van der Waals surface area contributed by atoms with Crippen LogP contribution in [0.1, 0.15) is 5.56 Å².